The van der Waals surface area contributed by atoms with Crippen molar-refractivity contribution < 1.29 is 28.2 Å². The van der Waals surface area contributed by atoms with Gasteiger partial charge in [-0.25, -0.2) is 0 Å². The Bertz CT molecular complexity index is 1210. The van der Waals surface area contributed by atoms with E-state index in [9.17, 15) is 4.79 Å². The minimum Gasteiger partial charge on any atom is -0.493 e. The predicted molar refractivity (Wildman–Crippen MR) is 132 cm³/mol. The Kier molecular flexibility index (Phi) is 7.01. The van der Waals surface area contributed by atoms with Crippen LogP contribution >= 0.6 is 0 Å². The van der Waals surface area contributed by atoms with Crippen molar-refractivity contribution in [3.63, 3.8) is 0 Å². The van der Waals surface area contributed by atoms with Crippen LogP contribution in [-0.4, -0.2) is 33.8 Å². The van der Waals surface area contributed by atoms with E-state index in [1.807, 2.05) is 19.9 Å². The number of furan rings is 1. The molecule has 0 radical (unpaired) electrons. The summed E-state index contributed by atoms with van der Waals surface area (Å²) in [4.78, 5) is 12.9. The van der Waals surface area contributed by atoms with E-state index in [4.69, 9.17) is 23.4 Å². The molecule has 0 atom stereocenters. The monoisotopic (exact) mass is 465 g/mol. The number of methoxy groups -OCH3 is 3. The Morgan fingerprint density at radius 2 is 1.71 bits per heavy atom. The molecule has 0 bridgehead atoms. The molecule has 0 fully saturated rings. The van der Waals surface area contributed by atoms with Gasteiger partial charge >= 0.3 is 0 Å². The molecule has 4 rings (SSSR count). The van der Waals surface area contributed by atoms with Gasteiger partial charge in [0.25, 0.3) is 0 Å². The normalized spacial score (nSPS) is 13.4. The van der Waals surface area contributed by atoms with Gasteiger partial charge in [-0.05, 0) is 44.7 Å². The van der Waals surface area contributed by atoms with Gasteiger partial charge in [-0.2, -0.15) is 0 Å². The largest absolute Gasteiger partial charge is 0.493 e. The van der Waals surface area contributed by atoms with Gasteiger partial charge in [0.05, 0.1) is 27.9 Å². The van der Waals surface area contributed by atoms with Crippen LogP contribution in [0, 0.1) is 0 Å². The smallest absolute Gasteiger partial charge is 0.248 e. The van der Waals surface area contributed by atoms with Gasteiger partial charge in [-0.15, -0.1) is 0 Å². The number of fused-ring (bicyclic) bond motifs is 3. The Balaban J connectivity index is 1.66. The number of nitrogens with one attached hydrogen (secondary N) is 1. The minimum absolute atomic E-state index is 0.274. The molecule has 1 aromatic heterocycles. The van der Waals surface area contributed by atoms with Gasteiger partial charge in [0, 0.05) is 52.9 Å². The highest BCUT2D eigenvalue weighted by atomic mass is 16.5. The first kappa shape index (κ1) is 23.5. The molecule has 180 valence electrons. The van der Waals surface area contributed by atoms with Gasteiger partial charge in [0.2, 0.25) is 11.7 Å². The van der Waals surface area contributed by atoms with Crippen molar-refractivity contribution in [1.82, 2.24) is 0 Å². The Hall–Kier alpha value is -3.61. The second-order valence-corrected chi connectivity index (χ2v) is 8.22. The Labute approximate surface area is 199 Å². The average molecular weight is 466 g/mol. The van der Waals surface area contributed by atoms with Crippen LogP contribution in [0.4, 0.5) is 5.69 Å². The highest BCUT2D eigenvalue weighted by Crippen LogP contribution is 2.40. The lowest BCUT2D eigenvalue weighted by Crippen LogP contribution is -2.09. The first-order chi connectivity index (χ1) is 16.5. The number of hydrogen-bond donors (Lipinski definition) is 1. The van der Waals surface area contributed by atoms with Crippen LogP contribution in [0.5, 0.6) is 23.0 Å². The number of benzene rings is 2. The highest BCUT2D eigenvalue weighted by Gasteiger charge is 2.21. The van der Waals surface area contributed by atoms with Gasteiger partial charge < -0.3 is 28.7 Å². The van der Waals surface area contributed by atoms with Gasteiger partial charge in [0.1, 0.15) is 17.1 Å². The number of anilines is 1. The van der Waals surface area contributed by atoms with Crippen LogP contribution in [0.3, 0.4) is 0 Å². The molecular weight excluding hydrogens is 434 g/mol. The molecule has 0 saturated heterocycles. The molecule has 1 amide bonds. The number of hydrogen-bond acceptors (Lipinski definition) is 6. The SMILES string of the molecule is CCOc1cc2oc3c(c2cc1/C(C)=C/C(=O)Nc1cc(OC)c(OC)c(OC)c1)CCCC3. The molecule has 1 N–H and O–H groups in total. The van der Waals surface area contributed by atoms with E-state index in [0.717, 1.165) is 53.5 Å². The third-order valence-corrected chi connectivity index (χ3v) is 6.06. The summed E-state index contributed by atoms with van der Waals surface area (Å²) in [6, 6.07) is 7.42. The number of ether oxygens (including phenoxy) is 4. The zero-order chi connectivity index (χ0) is 24.2. The molecule has 0 spiro atoms. The van der Waals surface area contributed by atoms with Crippen molar-refractivity contribution in [2.45, 2.75) is 39.5 Å². The number of carbonyl (C=O) groups excluding carboxylic acids is 1. The molecule has 3 aromatic rings. The molecule has 2 aromatic carbocycles. The maximum Gasteiger partial charge on any atom is 0.248 e. The zero-order valence-electron chi connectivity index (χ0n) is 20.4. The molecule has 1 aliphatic rings. The van der Waals surface area contributed by atoms with Crippen LogP contribution < -0.4 is 24.3 Å². The van der Waals surface area contributed by atoms with Crippen LogP contribution in [0.15, 0.2) is 34.8 Å². The standard InChI is InChI=1S/C27H31NO6/c1-6-33-22-15-23-20(18-9-7-8-10-21(18)34-23)14-19(22)16(2)11-26(29)28-17-12-24(30-3)27(32-5)25(13-17)31-4/h11-15H,6-10H2,1-5H3,(H,28,29)/b16-11+. The van der Waals surface area contributed by atoms with E-state index in [0.29, 0.717) is 35.3 Å². The fourth-order valence-corrected chi connectivity index (χ4v) is 4.48. The summed E-state index contributed by atoms with van der Waals surface area (Å²) < 4.78 is 28.1. The van der Waals surface area contributed by atoms with Crippen molar-refractivity contribution in [2.75, 3.05) is 33.3 Å². The highest BCUT2D eigenvalue weighted by molar-refractivity contribution is 6.05. The van der Waals surface area contributed by atoms with E-state index in [1.54, 1.807) is 18.2 Å². The number of aryl methyl sites for hydroxylation is 2. The molecule has 0 unspecified atom stereocenters. The molecule has 1 heterocycles. The topological polar surface area (TPSA) is 79.2 Å². The quantitative estimate of drug-likeness (QED) is 0.425. The molecule has 7 nitrogen and oxygen atoms in total. The summed E-state index contributed by atoms with van der Waals surface area (Å²) in [7, 11) is 4.61. The summed E-state index contributed by atoms with van der Waals surface area (Å²) in [6.45, 7) is 4.37. The summed E-state index contributed by atoms with van der Waals surface area (Å²) in [5.41, 5.74) is 4.33. The minimum atomic E-state index is -0.274. The third-order valence-electron chi connectivity index (χ3n) is 6.06. The van der Waals surface area contributed by atoms with Crippen LogP contribution in [0.25, 0.3) is 16.5 Å². The predicted octanol–water partition coefficient (Wildman–Crippen LogP) is 5.78. The van der Waals surface area contributed by atoms with E-state index < -0.39 is 0 Å². The maximum absolute atomic E-state index is 12.9. The molecule has 0 saturated carbocycles. The van der Waals surface area contributed by atoms with Crippen LogP contribution in [0.2, 0.25) is 0 Å². The van der Waals surface area contributed by atoms with Crippen molar-refractivity contribution in [2.24, 2.45) is 0 Å². The lowest BCUT2D eigenvalue weighted by Gasteiger charge is -2.14. The van der Waals surface area contributed by atoms with Crippen molar-refractivity contribution >= 4 is 28.1 Å². The first-order valence-electron chi connectivity index (χ1n) is 11.5. The molecule has 1 aliphatic carbocycles. The van der Waals surface area contributed by atoms with Gasteiger partial charge in [0.15, 0.2) is 11.5 Å². The van der Waals surface area contributed by atoms with Crippen molar-refractivity contribution in [3.05, 3.63) is 47.2 Å². The van der Waals surface area contributed by atoms with Crippen LogP contribution in [-0.2, 0) is 17.6 Å². The fourth-order valence-electron chi connectivity index (χ4n) is 4.48. The number of amides is 1. The Morgan fingerprint density at radius 3 is 2.35 bits per heavy atom. The van der Waals surface area contributed by atoms with Crippen molar-refractivity contribution in [1.29, 1.82) is 0 Å². The summed E-state index contributed by atoms with van der Waals surface area (Å²) in [5.74, 6) is 2.90. The second-order valence-electron chi connectivity index (χ2n) is 8.22. The van der Waals surface area contributed by atoms with Crippen LogP contribution in [0.1, 0.15) is 43.6 Å². The summed E-state index contributed by atoms with van der Waals surface area (Å²) in [6.07, 6.45) is 5.86. The number of allylic oxidation sites excluding steroid dienone is 1. The lowest BCUT2D eigenvalue weighted by atomic mass is 9.94. The Morgan fingerprint density at radius 1 is 1.00 bits per heavy atom. The second kappa shape index (κ2) is 10.1. The maximum atomic E-state index is 12.9. The molecule has 34 heavy (non-hydrogen) atoms. The average Bonchev–Trinajstić information content (AvgIpc) is 3.20. The third kappa shape index (κ3) is 4.55. The van der Waals surface area contributed by atoms with Gasteiger partial charge in [-0.1, -0.05) is 0 Å². The fraction of sp³-hybridized carbons (Fsp3) is 0.370. The zero-order valence-corrected chi connectivity index (χ0v) is 20.4. The summed E-state index contributed by atoms with van der Waals surface area (Å²) >= 11 is 0. The number of carbonyl (C=O) groups is 1. The number of rotatable bonds is 8. The van der Waals surface area contributed by atoms with E-state index in [2.05, 4.69) is 11.4 Å². The van der Waals surface area contributed by atoms with Crippen molar-refractivity contribution in [3.8, 4) is 23.0 Å². The molecule has 0 aliphatic heterocycles. The first-order valence-corrected chi connectivity index (χ1v) is 11.5. The van der Waals surface area contributed by atoms with Gasteiger partial charge in [-0.3, -0.25) is 4.79 Å². The molecule has 7 heteroatoms. The van der Waals surface area contributed by atoms with E-state index in [-0.39, 0.29) is 5.91 Å². The summed E-state index contributed by atoms with van der Waals surface area (Å²) in [5, 5.41) is 3.99. The van der Waals surface area contributed by atoms with E-state index in [1.165, 1.54) is 26.9 Å². The van der Waals surface area contributed by atoms with E-state index >= 15 is 0 Å². The lowest BCUT2D eigenvalue weighted by molar-refractivity contribution is -0.111. The molecular formula is C27H31NO6.